The topological polar surface area (TPSA) is 84.2 Å². The van der Waals surface area contributed by atoms with Gasteiger partial charge in [0.25, 0.3) is 0 Å². The van der Waals surface area contributed by atoms with Crippen molar-refractivity contribution in [2.24, 2.45) is 5.92 Å². The molecule has 0 atom stereocenters. The van der Waals surface area contributed by atoms with Gasteiger partial charge in [0, 0.05) is 24.0 Å². The third kappa shape index (κ3) is 5.11. The molecule has 0 radical (unpaired) electrons. The molecule has 1 aliphatic carbocycles. The fourth-order valence-electron chi connectivity index (χ4n) is 2.74. The van der Waals surface area contributed by atoms with E-state index in [1.54, 1.807) is 20.8 Å². The average molecular weight is 340 g/mol. The van der Waals surface area contributed by atoms with Crippen LogP contribution in [0.4, 0.5) is 11.4 Å². The normalized spacial score (nSPS) is 22.7. The molecule has 23 heavy (non-hydrogen) atoms. The lowest BCUT2D eigenvalue weighted by atomic mass is 9.86. The van der Waals surface area contributed by atoms with E-state index in [0.29, 0.717) is 5.92 Å². The van der Waals surface area contributed by atoms with E-state index in [9.17, 15) is 8.42 Å². The SMILES string of the molecule is CC(C)(C)S(=O)(=O)NC1CCC(CNc2ccc(N)cc2)CC1. The van der Waals surface area contributed by atoms with E-state index in [1.807, 2.05) is 24.3 Å². The summed E-state index contributed by atoms with van der Waals surface area (Å²) in [6, 6.07) is 7.82. The van der Waals surface area contributed by atoms with Crippen molar-refractivity contribution in [3.8, 4) is 0 Å². The molecule has 0 aliphatic heterocycles. The first-order chi connectivity index (χ1) is 10.7. The molecule has 4 N–H and O–H groups in total. The predicted molar refractivity (Wildman–Crippen MR) is 96.9 cm³/mol. The van der Waals surface area contributed by atoms with E-state index in [2.05, 4.69) is 10.0 Å². The molecule has 0 saturated heterocycles. The summed E-state index contributed by atoms with van der Waals surface area (Å²) < 4.78 is 26.5. The van der Waals surface area contributed by atoms with Crippen LogP contribution in [0, 0.1) is 5.92 Å². The number of rotatable bonds is 5. The van der Waals surface area contributed by atoms with Crippen molar-refractivity contribution in [3.05, 3.63) is 24.3 Å². The average Bonchev–Trinajstić information content (AvgIpc) is 2.47. The van der Waals surface area contributed by atoms with Gasteiger partial charge in [0.05, 0.1) is 4.75 Å². The molecule has 6 heteroatoms. The number of nitrogens with one attached hydrogen (secondary N) is 2. The molecule has 0 aromatic heterocycles. The van der Waals surface area contributed by atoms with E-state index in [4.69, 9.17) is 5.73 Å². The molecule has 0 spiro atoms. The number of anilines is 2. The van der Waals surface area contributed by atoms with Gasteiger partial charge in [-0.1, -0.05) is 0 Å². The smallest absolute Gasteiger partial charge is 0.216 e. The second-order valence-electron chi connectivity index (χ2n) is 7.45. The van der Waals surface area contributed by atoms with Crippen LogP contribution in [-0.4, -0.2) is 25.8 Å². The summed E-state index contributed by atoms with van der Waals surface area (Å²) in [5, 5.41) is 3.43. The Morgan fingerprint density at radius 1 is 1.09 bits per heavy atom. The second kappa shape index (κ2) is 7.09. The lowest BCUT2D eigenvalue weighted by Crippen LogP contribution is -2.46. The predicted octanol–water partition coefficient (Wildman–Crippen LogP) is 2.96. The summed E-state index contributed by atoms with van der Waals surface area (Å²) in [5.41, 5.74) is 7.52. The lowest BCUT2D eigenvalue weighted by molar-refractivity contribution is 0.322. The maximum Gasteiger partial charge on any atom is 0.216 e. The Bertz CT molecular complexity index is 598. The maximum atomic E-state index is 12.2. The van der Waals surface area contributed by atoms with E-state index in [-0.39, 0.29) is 6.04 Å². The Labute approximate surface area is 140 Å². The highest BCUT2D eigenvalue weighted by Gasteiger charge is 2.32. The van der Waals surface area contributed by atoms with E-state index >= 15 is 0 Å². The van der Waals surface area contributed by atoms with Gasteiger partial charge in [-0.25, -0.2) is 13.1 Å². The zero-order valence-corrected chi connectivity index (χ0v) is 15.1. The molecule has 1 saturated carbocycles. The number of hydrogen-bond acceptors (Lipinski definition) is 4. The molecule has 1 aromatic carbocycles. The van der Waals surface area contributed by atoms with E-state index in [1.165, 1.54) is 0 Å². The zero-order valence-electron chi connectivity index (χ0n) is 14.3. The van der Waals surface area contributed by atoms with Gasteiger partial charge in [0.1, 0.15) is 0 Å². The van der Waals surface area contributed by atoms with Crippen LogP contribution in [0.1, 0.15) is 46.5 Å². The maximum absolute atomic E-state index is 12.2. The van der Waals surface area contributed by atoms with Crippen LogP contribution in [0.2, 0.25) is 0 Å². The van der Waals surface area contributed by atoms with Crippen molar-refractivity contribution in [2.45, 2.75) is 57.2 Å². The molecule has 0 heterocycles. The number of nitrogens with two attached hydrogens (primary N) is 1. The van der Waals surface area contributed by atoms with E-state index < -0.39 is 14.8 Å². The van der Waals surface area contributed by atoms with Crippen LogP contribution < -0.4 is 15.8 Å². The molecule has 1 aromatic rings. The Hall–Kier alpha value is -1.27. The lowest BCUT2D eigenvalue weighted by Gasteiger charge is -2.31. The molecule has 5 nitrogen and oxygen atoms in total. The number of sulfonamides is 1. The summed E-state index contributed by atoms with van der Waals surface area (Å²) in [7, 11) is -3.25. The van der Waals surface area contributed by atoms with Crippen LogP contribution in [-0.2, 0) is 10.0 Å². The van der Waals surface area contributed by atoms with Crippen LogP contribution >= 0.6 is 0 Å². The fraction of sp³-hybridized carbons (Fsp3) is 0.647. The van der Waals surface area contributed by atoms with E-state index in [0.717, 1.165) is 43.6 Å². The van der Waals surface area contributed by atoms with Crippen molar-refractivity contribution in [3.63, 3.8) is 0 Å². The first-order valence-corrected chi connectivity index (χ1v) is 9.77. The molecule has 0 unspecified atom stereocenters. The van der Waals surface area contributed by atoms with Crippen molar-refractivity contribution in [1.82, 2.24) is 4.72 Å². The minimum Gasteiger partial charge on any atom is -0.399 e. The van der Waals surface area contributed by atoms with Gasteiger partial charge >= 0.3 is 0 Å². The van der Waals surface area contributed by atoms with Gasteiger partial charge in [-0.2, -0.15) is 0 Å². The third-order valence-electron chi connectivity index (χ3n) is 4.48. The van der Waals surface area contributed by atoms with Gasteiger partial charge in [-0.05, 0) is 76.6 Å². The minimum atomic E-state index is -3.25. The number of benzene rings is 1. The highest BCUT2D eigenvalue weighted by atomic mass is 32.2. The Morgan fingerprint density at radius 2 is 1.65 bits per heavy atom. The number of hydrogen-bond donors (Lipinski definition) is 3. The standard InChI is InChI=1S/C17H29N3O2S/c1-17(2,3)23(21,22)20-16-8-4-13(5-9-16)12-19-15-10-6-14(18)7-11-15/h6-7,10-11,13,16,19-20H,4-5,8-9,12,18H2,1-3H3. The Morgan fingerprint density at radius 3 is 2.17 bits per heavy atom. The highest BCUT2D eigenvalue weighted by Crippen LogP contribution is 2.26. The van der Waals surface area contributed by atoms with Gasteiger partial charge in [0.15, 0.2) is 0 Å². The Balaban J connectivity index is 1.77. The van der Waals surface area contributed by atoms with Crippen molar-refractivity contribution < 1.29 is 8.42 Å². The molecule has 2 rings (SSSR count). The molecule has 0 amide bonds. The zero-order chi connectivity index (χ0) is 17.1. The Kier molecular flexibility index (Phi) is 5.57. The van der Waals surface area contributed by atoms with Crippen molar-refractivity contribution in [2.75, 3.05) is 17.6 Å². The van der Waals surface area contributed by atoms with Crippen molar-refractivity contribution in [1.29, 1.82) is 0 Å². The summed E-state index contributed by atoms with van der Waals surface area (Å²) >= 11 is 0. The molecule has 1 aliphatic rings. The fourth-order valence-corrected chi connectivity index (χ4v) is 3.77. The van der Waals surface area contributed by atoms with Crippen LogP contribution in [0.5, 0.6) is 0 Å². The van der Waals surface area contributed by atoms with Crippen LogP contribution in [0.3, 0.4) is 0 Å². The minimum absolute atomic E-state index is 0.0759. The first-order valence-electron chi connectivity index (χ1n) is 8.29. The summed E-state index contributed by atoms with van der Waals surface area (Å²) in [6.45, 7) is 6.12. The second-order valence-corrected chi connectivity index (χ2v) is 9.92. The monoisotopic (exact) mass is 339 g/mol. The molecular weight excluding hydrogens is 310 g/mol. The molecule has 1 fully saturated rings. The van der Waals surface area contributed by atoms with Crippen LogP contribution in [0.25, 0.3) is 0 Å². The molecule has 0 bridgehead atoms. The van der Waals surface area contributed by atoms with Gasteiger partial charge in [-0.15, -0.1) is 0 Å². The quantitative estimate of drug-likeness (QED) is 0.720. The van der Waals surface area contributed by atoms with Crippen molar-refractivity contribution >= 4 is 21.4 Å². The third-order valence-corrected chi connectivity index (χ3v) is 6.74. The largest absolute Gasteiger partial charge is 0.399 e. The first kappa shape index (κ1) is 18.1. The van der Waals surface area contributed by atoms with Crippen LogP contribution in [0.15, 0.2) is 24.3 Å². The van der Waals surface area contributed by atoms with Gasteiger partial charge in [-0.3, -0.25) is 0 Å². The number of nitrogen functional groups attached to an aromatic ring is 1. The summed E-state index contributed by atoms with van der Waals surface area (Å²) in [5.74, 6) is 0.586. The van der Waals surface area contributed by atoms with Gasteiger partial charge < -0.3 is 11.1 Å². The molecule has 130 valence electrons. The van der Waals surface area contributed by atoms with Gasteiger partial charge in [0.2, 0.25) is 10.0 Å². The highest BCUT2D eigenvalue weighted by molar-refractivity contribution is 7.90. The summed E-state index contributed by atoms with van der Waals surface area (Å²) in [6.07, 6.45) is 3.89. The molecular formula is C17H29N3O2S. The summed E-state index contributed by atoms with van der Waals surface area (Å²) in [4.78, 5) is 0.